The number of hydrogen-bond donors (Lipinski definition) is 2. The summed E-state index contributed by atoms with van der Waals surface area (Å²) < 4.78 is 0. The standard InChI is InChI=1S/C14H16N2O4/c1-7-4-3-5-9-10(7)6-16(13(9)18)11(14(19)20)8(2)12(15)17/h3-5,8,11H,6H2,1-2H3,(H2,15,17)(H,19,20). The van der Waals surface area contributed by atoms with E-state index in [0.29, 0.717) is 5.56 Å². The van der Waals surface area contributed by atoms with Gasteiger partial charge in [-0.1, -0.05) is 19.1 Å². The number of amides is 2. The molecule has 0 bridgehead atoms. The predicted molar refractivity (Wildman–Crippen MR) is 70.8 cm³/mol. The number of nitrogens with zero attached hydrogens (tertiary/aromatic N) is 1. The largest absolute Gasteiger partial charge is 0.480 e. The first-order chi connectivity index (χ1) is 9.34. The van der Waals surface area contributed by atoms with E-state index >= 15 is 0 Å². The zero-order chi connectivity index (χ0) is 15.0. The summed E-state index contributed by atoms with van der Waals surface area (Å²) in [7, 11) is 0. The molecule has 106 valence electrons. The van der Waals surface area contributed by atoms with Crippen LogP contribution in [0.4, 0.5) is 0 Å². The number of hydrogen-bond acceptors (Lipinski definition) is 3. The van der Waals surface area contributed by atoms with E-state index in [2.05, 4.69) is 0 Å². The van der Waals surface area contributed by atoms with Crippen molar-refractivity contribution in [2.24, 2.45) is 11.7 Å². The Kier molecular flexibility index (Phi) is 3.48. The zero-order valence-electron chi connectivity index (χ0n) is 11.3. The summed E-state index contributed by atoms with van der Waals surface area (Å²) in [6.45, 7) is 3.47. The van der Waals surface area contributed by atoms with Gasteiger partial charge in [0.2, 0.25) is 5.91 Å². The van der Waals surface area contributed by atoms with Crippen molar-refractivity contribution in [1.29, 1.82) is 0 Å². The van der Waals surface area contributed by atoms with Gasteiger partial charge in [-0.3, -0.25) is 9.59 Å². The van der Waals surface area contributed by atoms with E-state index < -0.39 is 23.8 Å². The van der Waals surface area contributed by atoms with Crippen LogP contribution in [0.15, 0.2) is 18.2 Å². The number of rotatable bonds is 4. The molecule has 1 aliphatic rings. The van der Waals surface area contributed by atoms with Gasteiger partial charge in [-0.15, -0.1) is 0 Å². The Morgan fingerprint density at radius 1 is 1.40 bits per heavy atom. The van der Waals surface area contributed by atoms with Crippen molar-refractivity contribution in [2.45, 2.75) is 26.4 Å². The Morgan fingerprint density at radius 3 is 2.55 bits per heavy atom. The van der Waals surface area contributed by atoms with Crippen molar-refractivity contribution in [3.63, 3.8) is 0 Å². The molecule has 1 heterocycles. The Balaban J connectivity index is 2.40. The highest BCUT2D eigenvalue weighted by Crippen LogP contribution is 2.29. The molecule has 0 spiro atoms. The third-order valence-electron chi connectivity index (χ3n) is 3.74. The molecule has 2 atom stereocenters. The number of carboxylic acids is 1. The number of primary amides is 1. The fraction of sp³-hybridized carbons (Fsp3) is 0.357. The lowest BCUT2D eigenvalue weighted by molar-refractivity contribution is -0.147. The fourth-order valence-electron chi connectivity index (χ4n) is 2.51. The number of fused-ring (bicyclic) bond motifs is 1. The second-order valence-electron chi connectivity index (χ2n) is 5.01. The smallest absolute Gasteiger partial charge is 0.327 e. The highest BCUT2D eigenvalue weighted by molar-refractivity contribution is 6.01. The Bertz CT molecular complexity index is 597. The van der Waals surface area contributed by atoms with E-state index in [-0.39, 0.29) is 12.5 Å². The first-order valence-electron chi connectivity index (χ1n) is 6.26. The molecule has 1 aliphatic heterocycles. The summed E-state index contributed by atoms with van der Waals surface area (Å²) in [4.78, 5) is 36.2. The molecular weight excluding hydrogens is 260 g/mol. The van der Waals surface area contributed by atoms with Crippen LogP contribution < -0.4 is 5.73 Å². The third kappa shape index (κ3) is 2.13. The lowest BCUT2D eigenvalue weighted by atomic mass is 10.00. The van der Waals surface area contributed by atoms with E-state index in [1.807, 2.05) is 13.0 Å². The van der Waals surface area contributed by atoms with Gasteiger partial charge < -0.3 is 15.7 Å². The van der Waals surface area contributed by atoms with Gasteiger partial charge in [-0.2, -0.15) is 0 Å². The van der Waals surface area contributed by atoms with Crippen LogP contribution >= 0.6 is 0 Å². The van der Waals surface area contributed by atoms with E-state index in [4.69, 9.17) is 5.73 Å². The van der Waals surface area contributed by atoms with E-state index in [1.165, 1.54) is 11.8 Å². The van der Waals surface area contributed by atoms with E-state index in [0.717, 1.165) is 11.1 Å². The van der Waals surface area contributed by atoms with Crippen LogP contribution in [0.1, 0.15) is 28.4 Å². The molecule has 0 saturated heterocycles. The number of benzene rings is 1. The average Bonchev–Trinajstić information content (AvgIpc) is 2.69. The summed E-state index contributed by atoms with van der Waals surface area (Å²) in [6, 6.07) is 4.04. The third-order valence-corrected chi connectivity index (χ3v) is 3.74. The maximum Gasteiger partial charge on any atom is 0.327 e. The van der Waals surface area contributed by atoms with Gasteiger partial charge in [-0.05, 0) is 24.1 Å². The number of aliphatic carboxylic acids is 1. The Hall–Kier alpha value is -2.37. The van der Waals surface area contributed by atoms with E-state index in [9.17, 15) is 19.5 Å². The molecule has 20 heavy (non-hydrogen) atoms. The maximum absolute atomic E-state index is 12.3. The molecule has 1 aromatic carbocycles. The van der Waals surface area contributed by atoms with Crippen LogP contribution in [0.2, 0.25) is 0 Å². The maximum atomic E-state index is 12.3. The molecule has 0 aliphatic carbocycles. The molecule has 6 heteroatoms. The van der Waals surface area contributed by atoms with Crippen molar-refractivity contribution in [2.75, 3.05) is 0 Å². The molecule has 2 unspecified atom stereocenters. The molecule has 2 amide bonds. The normalized spacial score (nSPS) is 16.7. The number of carbonyl (C=O) groups excluding carboxylic acids is 2. The molecule has 0 fully saturated rings. The minimum absolute atomic E-state index is 0.190. The van der Waals surface area contributed by atoms with Crippen LogP contribution in [-0.4, -0.2) is 33.8 Å². The molecule has 0 radical (unpaired) electrons. The van der Waals surface area contributed by atoms with Crippen molar-refractivity contribution in [3.8, 4) is 0 Å². The second-order valence-corrected chi connectivity index (χ2v) is 5.01. The number of nitrogens with two attached hydrogens (primary N) is 1. The molecule has 3 N–H and O–H groups in total. The minimum Gasteiger partial charge on any atom is -0.480 e. The predicted octanol–water partition coefficient (Wildman–Crippen LogP) is 0.525. The van der Waals surface area contributed by atoms with Gasteiger partial charge in [0.25, 0.3) is 5.91 Å². The van der Waals surface area contributed by atoms with Crippen molar-refractivity contribution in [3.05, 3.63) is 34.9 Å². The van der Waals surface area contributed by atoms with Crippen LogP contribution in [0, 0.1) is 12.8 Å². The van der Waals surface area contributed by atoms with Crippen LogP contribution in [0.25, 0.3) is 0 Å². The second kappa shape index (κ2) is 4.96. The molecule has 6 nitrogen and oxygen atoms in total. The van der Waals surface area contributed by atoms with Gasteiger partial charge in [0.05, 0.1) is 5.92 Å². The fourth-order valence-corrected chi connectivity index (χ4v) is 2.51. The highest BCUT2D eigenvalue weighted by atomic mass is 16.4. The van der Waals surface area contributed by atoms with Crippen molar-refractivity contribution in [1.82, 2.24) is 4.90 Å². The first-order valence-corrected chi connectivity index (χ1v) is 6.26. The minimum atomic E-state index is -1.24. The Labute approximate surface area is 116 Å². The quantitative estimate of drug-likeness (QED) is 0.837. The average molecular weight is 276 g/mol. The summed E-state index contributed by atoms with van der Waals surface area (Å²) in [5.41, 5.74) is 7.41. The Morgan fingerprint density at radius 2 is 2.05 bits per heavy atom. The van der Waals surface area contributed by atoms with Crippen molar-refractivity contribution >= 4 is 17.8 Å². The van der Waals surface area contributed by atoms with Crippen LogP contribution in [0.3, 0.4) is 0 Å². The van der Waals surface area contributed by atoms with Gasteiger partial charge in [0.1, 0.15) is 6.04 Å². The van der Waals surface area contributed by atoms with Crippen LogP contribution in [-0.2, 0) is 16.1 Å². The van der Waals surface area contributed by atoms with Gasteiger partial charge >= 0.3 is 5.97 Å². The SMILES string of the molecule is Cc1cccc2c1CN(C(C(=O)O)C(C)C(N)=O)C2=O. The molecular formula is C14H16N2O4. The van der Waals surface area contributed by atoms with Crippen LogP contribution in [0.5, 0.6) is 0 Å². The summed E-state index contributed by atoms with van der Waals surface area (Å²) >= 11 is 0. The topological polar surface area (TPSA) is 101 Å². The molecule has 0 saturated carbocycles. The number of aryl methyl sites for hydroxylation is 1. The monoisotopic (exact) mass is 276 g/mol. The van der Waals surface area contributed by atoms with Gasteiger partial charge in [0, 0.05) is 12.1 Å². The lowest BCUT2D eigenvalue weighted by Gasteiger charge is -2.27. The summed E-state index contributed by atoms with van der Waals surface area (Å²) in [5, 5.41) is 9.32. The molecule has 1 aromatic rings. The van der Waals surface area contributed by atoms with Gasteiger partial charge in [0.15, 0.2) is 0 Å². The highest BCUT2D eigenvalue weighted by Gasteiger charge is 2.41. The number of carbonyl (C=O) groups is 3. The zero-order valence-corrected chi connectivity index (χ0v) is 11.3. The van der Waals surface area contributed by atoms with Gasteiger partial charge in [-0.25, -0.2) is 4.79 Å². The van der Waals surface area contributed by atoms with E-state index in [1.54, 1.807) is 12.1 Å². The number of carboxylic acid groups (broad SMARTS) is 1. The first kappa shape index (κ1) is 14.0. The molecule has 2 rings (SSSR count). The molecule has 0 aromatic heterocycles. The summed E-state index contributed by atoms with van der Waals surface area (Å²) in [6.07, 6.45) is 0. The van der Waals surface area contributed by atoms with Crippen molar-refractivity contribution < 1.29 is 19.5 Å². The summed E-state index contributed by atoms with van der Waals surface area (Å²) in [5.74, 6) is -3.29. The lowest BCUT2D eigenvalue weighted by Crippen LogP contribution is -2.49.